The maximum atomic E-state index is 5.86. The van der Waals surface area contributed by atoms with E-state index in [0.29, 0.717) is 12.6 Å². The second-order valence-electron chi connectivity index (χ2n) is 5.91. The zero-order chi connectivity index (χ0) is 15.5. The van der Waals surface area contributed by atoms with Crippen LogP contribution in [0.1, 0.15) is 12.2 Å². The fourth-order valence-corrected chi connectivity index (χ4v) is 3.09. The predicted molar refractivity (Wildman–Crippen MR) is 89.6 cm³/mol. The molecule has 0 fully saturated rings. The molecule has 0 amide bonds. The van der Waals surface area contributed by atoms with Gasteiger partial charge in [-0.2, -0.15) is 5.10 Å². The zero-order valence-corrected chi connectivity index (χ0v) is 13.0. The van der Waals surface area contributed by atoms with Crippen molar-refractivity contribution in [1.82, 2.24) is 20.1 Å². The second-order valence-corrected chi connectivity index (χ2v) is 5.91. The molecule has 2 aromatic carbocycles. The molecule has 1 unspecified atom stereocenters. The number of nitrogens with one attached hydrogen (secondary N) is 1. The van der Waals surface area contributed by atoms with E-state index in [0.717, 1.165) is 37.5 Å². The molecule has 23 heavy (non-hydrogen) atoms. The number of hydrogen-bond donors (Lipinski definition) is 1. The molecule has 3 aromatic rings. The van der Waals surface area contributed by atoms with Gasteiger partial charge in [0, 0.05) is 19.0 Å². The molecule has 0 saturated heterocycles. The highest BCUT2D eigenvalue weighted by Gasteiger charge is 2.18. The Balaban J connectivity index is 1.27. The molecule has 4 rings (SSSR count). The maximum Gasteiger partial charge on any atom is 0.138 e. The maximum absolute atomic E-state index is 5.86. The van der Waals surface area contributed by atoms with Crippen LogP contribution in [0.15, 0.2) is 48.8 Å². The molecule has 118 valence electrons. The number of fused-ring (bicyclic) bond motifs is 2. The van der Waals surface area contributed by atoms with Crippen molar-refractivity contribution in [2.24, 2.45) is 0 Å². The Kier molecular flexibility index (Phi) is 3.94. The van der Waals surface area contributed by atoms with Crippen molar-refractivity contribution in [3.05, 3.63) is 54.6 Å². The molecule has 2 heterocycles. The SMILES string of the molecule is c1ccc2cc(OCCNC3CCc4ncnn4C3)ccc2c1. The Morgan fingerprint density at radius 2 is 2.09 bits per heavy atom. The molecule has 1 N–H and O–H groups in total. The fraction of sp³-hybridized carbons (Fsp3) is 0.333. The standard InChI is InChI=1S/C18H20N4O/c1-2-4-15-11-17(7-5-14(15)3-1)23-10-9-19-16-6-8-18-20-13-21-22(18)12-16/h1-5,7,11,13,16,19H,6,8-10,12H2. The van der Waals surface area contributed by atoms with Crippen LogP contribution in [0.25, 0.3) is 10.8 Å². The number of nitrogens with zero attached hydrogens (tertiary/aromatic N) is 3. The highest BCUT2D eigenvalue weighted by Crippen LogP contribution is 2.20. The van der Waals surface area contributed by atoms with Gasteiger partial charge in [0.15, 0.2) is 0 Å². The van der Waals surface area contributed by atoms with Gasteiger partial charge in [0.25, 0.3) is 0 Å². The molecule has 0 spiro atoms. The summed E-state index contributed by atoms with van der Waals surface area (Å²) in [7, 11) is 0. The van der Waals surface area contributed by atoms with Crippen LogP contribution < -0.4 is 10.1 Å². The normalized spacial score (nSPS) is 17.1. The van der Waals surface area contributed by atoms with Crippen molar-refractivity contribution in [2.75, 3.05) is 13.2 Å². The van der Waals surface area contributed by atoms with Crippen LogP contribution in [0.3, 0.4) is 0 Å². The summed E-state index contributed by atoms with van der Waals surface area (Å²) >= 11 is 0. The first-order chi connectivity index (χ1) is 11.4. The van der Waals surface area contributed by atoms with E-state index in [9.17, 15) is 0 Å². The van der Waals surface area contributed by atoms with Gasteiger partial charge in [0.1, 0.15) is 24.5 Å². The van der Waals surface area contributed by atoms with E-state index in [2.05, 4.69) is 51.8 Å². The number of ether oxygens (including phenoxy) is 1. The van der Waals surface area contributed by atoms with E-state index in [4.69, 9.17) is 4.74 Å². The van der Waals surface area contributed by atoms with Crippen molar-refractivity contribution in [3.8, 4) is 5.75 Å². The largest absolute Gasteiger partial charge is 0.492 e. The zero-order valence-electron chi connectivity index (χ0n) is 13.0. The molecule has 5 nitrogen and oxygen atoms in total. The molecule has 0 saturated carbocycles. The highest BCUT2D eigenvalue weighted by molar-refractivity contribution is 5.83. The van der Waals surface area contributed by atoms with Gasteiger partial charge in [-0.25, -0.2) is 9.67 Å². The summed E-state index contributed by atoms with van der Waals surface area (Å²) in [6, 6.07) is 15.0. The van der Waals surface area contributed by atoms with E-state index in [1.807, 2.05) is 10.7 Å². The van der Waals surface area contributed by atoms with Crippen LogP contribution >= 0.6 is 0 Å². The predicted octanol–water partition coefficient (Wildman–Crippen LogP) is 2.41. The van der Waals surface area contributed by atoms with Gasteiger partial charge in [0.05, 0.1) is 6.54 Å². The van der Waals surface area contributed by atoms with E-state index < -0.39 is 0 Å². The lowest BCUT2D eigenvalue weighted by Gasteiger charge is -2.23. The fourth-order valence-electron chi connectivity index (χ4n) is 3.09. The van der Waals surface area contributed by atoms with E-state index in [-0.39, 0.29) is 0 Å². The Hall–Kier alpha value is -2.40. The smallest absolute Gasteiger partial charge is 0.138 e. The van der Waals surface area contributed by atoms with Crippen LogP contribution in [0, 0.1) is 0 Å². The van der Waals surface area contributed by atoms with Crippen LogP contribution in [0.4, 0.5) is 0 Å². The number of hydrogen-bond acceptors (Lipinski definition) is 4. The van der Waals surface area contributed by atoms with Crippen LogP contribution in [0.2, 0.25) is 0 Å². The van der Waals surface area contributed by atoms with E-state index in [1.165, 1.54) is 10.8 Å². The molecule has 5 heteroatoms. The number of rotatable bonds is 5. The summed E-state index contributed by atoms with van der Waals surface area (Å²) in [5.74, 6) is 2.02. The van der Waals surface area contributed by atoms with E-state index >= 15 is 0 Å². The Morgan fingerprint density at radius 1 is 1.17 bits per heavy atom. The Morgan fingerprint density at radius 3 is 3.04 bits per heavy atom. The minimum atomic E-state index is 0.449. The Labute approximate surface area is 135 Å². The minimum Gasteiger partial charge on any atom is -0.492 e. The van der Waals surface area contributed by atoms with Gasteiger partial charge in [0.2, 0.25) is 0 Å². The molecule has 1 aromatic heterocycles. The van der Waals surface area contributed by atoms with Crippen LogP contribution in [-0.4, -0.2) is 34.0 Å². The van der Waals surface area contributed by atoms with Crippen LogP contribution in [0.5, 0.6) is 5.75 Å². The number of aryl methyl sites for hydroxylation is 1. The van der Waals surface area contributed by atoms with Gasteiger partial charge < -0.3 is 10.1 Å². The second kappa shape index (κ2) is 6.38. The van der Waals surface area contributed by atoms with Gasteiger partial charge in [-0.05, 0) is 29.3 Å². The van der Waals surface area contributed by atoms with Gasteiger partial charge in [-0.15, -0.1) is 0 Å². The summed E-state index contributed by atoms with van der Waals surface area (Å²) in [5.41, 5.74) is 0. The molecular weight excluding hydrogens is 288 g/mol. The quantitative estimate of drug-likeness (QED) is 0.736. The average Bonchev–Trinajstić information content (AvgIpc) is 3.06. The summed E-state index contributed by atoms with van der Waals surface area (Å²) in [5, 5.41) is 10.2. The average molecular weight is 308 g/mol. The molecule has 1 aliphatic heterocycles. The minimum absolute atomic E-state index is 0.449. The Bertz CT molecular complexity index is 798. The van der Waals surface area contributed by atoms with E-state index in [1.54, 1.807) is 6.33 Å². The van der Waals surface area contributed by atoms with Gasteiger partial charge in [-0.1, -0.05) is 30.3 Å². The van der Waals surface area contributed by atoms with Crippen molar-refractivity contribution < 1.29 is 4.74 Å². The first-order valence-electron chi connectivity index (χ1n) is 8.10. The molecule has 0 bridgehead atoms. The van der Waals surface area contributed by atoms with Gasteiger partial charge >= 0.3 is 0 Å². The third-order valence-corrected chi connectivity index (χ3v) is 4.33. The topological polar surface area (TPSA) is 52.0 Å². The summed E-state index contributed by atoms with van der Waals surface area (Å²) in [6.07, 6.45) is 3.73. The van der Waals surface area contributed by atoms with Crippen molar-refractivity contribution in [1.29, 1.82) is 0 Å². The number of benzene rings is 2. The van der Waals surface area contributed by atoms with Gasteiger partial charge in [-0.3, -0.25) is 0 Å². The monoisotopic (exact) mass is 308 g/mol. The lowest BCUT2D eigenvalue weighted by atomic mass is 10.1. The third kappa shape index (κ3) is 3.19. The first-order valence-corrected chi connectivity index (χ1v) is 8.10. The lowest BCUT2D eigenvalue weighted by molar-refractivity contribution is 0.286. The summed E-state index contributed by atoms with van der Waals surface area (Å²) in [4.78, 5) is 4.25. The molecule has 1 aliphatic rings. The lowest BCUT2D eigenvalue weighted by Crippen LogP contribution is -2.39. The van der Waals surface area contributed by atoms with Crippen molar-refractivity contribution in [3.63, 3.8) is 0 Å². The van der Waals surface area contributed by atoms with Crippen molar-refractivity contribution >= 4 is 10.8 Å². The molecule has 0 radical (unpaired) electrons. The van der Waals surface area contributed by atoms with Crippen molar-refractivity contribution in [2.45, 2.75) is 25.4 Å². The highest BCUT2D eigenvalue weighted by atomic mass is 16.5. The van der Waals surface area contributed by atoms with Crippen LogP contribution in [-0.2, 0) is 13.0 Å². The molecule has 1 atom stereocenters. The first kappa shape index (κ1) is 14.2. The third-order valence-electron chi connectivity index (χ3n) is 4.33. The molecule has 0 aliphatic carbocycles. The number of aromatic nitrogens is 3. The summed E-state index contributed by atoms with van der Waals surface area (Å²) < 4.78 is 7.85. The summed E-state index contributed by atoms with van der Waals surface area (Å²) in [6.45, 7) is 2.39. The molecular formula is C18H20N4O.